The predicted molar refractivity (Wildman–Crippen MR) is 182 cm³/mol. The van der Waals surface area contributed by atoms with E-state index in [0.29, 0.717) is 22.4 Å². The number of Topliss-reactive ketones (excluding diaryl/α,β-unsaturated/α-hetero) is 1. The minimum absolute atomic E-state index is 0.0867. The van der Waals surface area contributed by atoms with Crippen LogP contribution in [0.15, 0.2) is 32.6 Å². The van der Waals surface area contributed by atoms with E-state index in [1.54, 1.807) is 7.11 Å². The SMILES string of the molecule is CCCCCCCCCCCCCCC(C)(C)C=O.COC1=C2O[C@H]3C(=O)C(Br)=C[C@H]4[C@H]5CC(C(Br)=C1)C2[C@@]34CCN5C. The maximum absolute atomic E-state index is 12.9. The number of ether oxygens (including phenoxy) is 2. The molecule has 5 rings (SSSR count). The van der Waals surface area contributed by atoms with Gasteiger partial charge in [0.05, 0.1) is 11.6 Å². The molecule has 3 fully saturated rings. The third-order valence-corrected chi connectivity index (χ3v) is 12.3. The highest BCUT2D eigenvalue weighted by Gasteiger charge is 2.71. The average Bonchev–Trinajstić information content (AvgIpc) is 3.33. The van der Waals surface area contributed by atoms with Crippen molar-refractivity contribution < 1.29 is 19.1 Å². The van der Waals surface area contributed by atoms with Crippen LogP contribution in [0, 0.1) is 28.6 Å². The summed E-state index contributed by atoms with van der Waals surface area (Å²) in [7, 11) is 3.88. The van der Waals surface area contributed by atoms with Crippen LogP contribution in [-0.2, 0) is 19.1 Å². The number of methoxy groups -OCH3 is 1. The lowest BCUT2D eigenvalue weighted by molar-refractivity contribution is -0.141. The Bertz CT molecular complexity index is 1080. The lowest BCUT2D eigenvalue weighted by Gasteiger charge is -2.59. The molecule has 0 aromatic carbocycles. The van der Waals surface area contributed by atoms with Gasteiger partial charge < -0.3 is 19.2 Å². The molecule has 1 spiro atoms. The van der Waals surface area contributed by atoms with Crippen LogP contribution >= 0.6 is 31.9 Å². The molecular weight excluding hydrogens is 670 g/mol. The van der Waals surface area contributed by atoms with E-state index in [-0.39, 0.29) is 22.5 Å². The molecule has 0 aromatic heterocycles. The van der Waals surface area contributed by atoms with Gasteiger partial charge in [0.25, 0.3) is 0 Å². The molecule has 0 radical (unpaired) electrons. The topological polar surface area (TPSA) is 55.8 Å². The Morgan fingerprint density at radius 3 is 2.23 bits per heavy atom. The highest BCUT2D eigenvalue weighted by atomic mass is 79.9. The van der Waals surface area contributed by atoms with Crippen LogP contribution in [0.25, 0.3) is 0 Å². The van der Waals surface area contributed by atoms with Gasteiger partial charge in [-0.15, -0.1) is 0 Å². The van der Waals surface area contributed by atoms with Crippen molar-refractivity contribution in [1.29, 1.82) is 0 Å². The molecule has 7 heteroatoms. The highest BCUT2D eigenvalue weighted by molar-refractivity contribution is 9.12. The Morgan fingerprint density at radius 2 is 1.65 bits per heavy atom. The second-order valence-electron chi connectivity index (χ2n) is 14.3. The highest BCUT2D eigenvalue weighted by Crippen LogP contribution is 2.68. The average molecular weight is 726 g/mol. The first-order valence-corrected chi connectivity index (χ1v) is 18.6. The summed E-state index contributed by atoms with van der Waals surface area (Å²) in [6.07, 6.45) is 24.6. The van der Waals surface area contributed by atoms with E-state index in [9.17, 15) is 9.59 Å². The zero-order valence-electron chi connectivity index (χ0n) is 27.3. The van der Waals surface area contributed by atoms with Gasteiger partial charge in [0.1, 0.15) is 12.0 Å². The van der Waals surface area contributed by atoms with Gasteiger partial charge in [-0.25, -0.2) is 0 Å². The molecule has 0 N–H and O–H groups in total. The molecule has 5 nitrogen and oxygen atoms in total. The number of carbonyl (C=O) groups excluding carboxylic acids is 2. The Balaban J connectivity index is 0.000000205. The summed E-state index contributed by atoms with van der Waals surface area (Å²) in [5, 5.41) is 0. The quantitative estimate of drug-likeness (QED) is 0.124. The van der Waals surface area contributed by atoms with Gasteiger partial charge in [-0.3, -0.25) is 4.79 Å². The van der Waals surface area contributed by atoms with Gasteiger partial charge in [0, 0.05) is 39.1 Å². The van der Waals surface area contributed by atoms with E-state index in [0.717, 1.165) is 43.6 Å². The van der Waals surface area contributed by atoms with Gasteiger partial charge >= 0.3 is 0 Å². The van der Waals surface area contributed by atoms with E-state index >= 15 is 0 Å². The van der Waals surface area contributed by atoms with Crippen LogP contribution in [0.2, 0.25) is 0 Å². The first-order valence-electron chi connectivity index (χ1n) is 17.0. The number of likely N-dealkylation sites (tertiary alicyclic amines) is 1. The molecule has 242 valence electrons. The molecule has 2 heterocycles. The molecule has 0 aromatic rings. The number of ketones is 1. The monoisotopic (exact) mass is 723 g/mol. The van der Waals surface area contributed by atoms with Crippen LogP contribution in [0.3, 0.4) is 0 Å². The first-order chi connectivity index (χ1) is 20.6. The van der Waals surface area contributed by atoms with E-state index < -0.39 is 6.10 Å². The van der Waals surface area contributed by atoms with Gasteiger partial charge in [0.15, 0.2) is 11.9 Å². The first kappa shape index (κ1) is 34.9. The standard InChI is InChI=1S/C18H19Br2NO3.C18H36O/c1-21-4-3-18-9-6-11(20)15(22)17(18)24-16-13(23-2)7-10(19)8(14(16)18)5-12(9)21;1-4-5-6-7-8-9-10-11-12-13-14-15-16-18(2,3)17-19/h6-9,12,14,17H,3-5H2,1-2H3;17H,4-16H2,1-3H3/t8?,9-,12+,14?,17-,18-;/m0./s1. The fourth-order valence-electron chi connectivity index (χ4n) is 8.36. The van der Waals surface area contributed by atoms with Crippen LogP contribution in [-0.4, -0.2) is 49.8 Å². The van der Waals surface area contributed by atoms with Gasteiger partial charge in [-0.2, -0.15) is 0 Å². The summed E-state index contributed by atoms with van der Waals surface area (Å²) >= 11 is 7.29. The van der Waals surface area contributed by atoms with Crippen molar-refractivity contribution >= 4 is 43.9 Å². The summed E-state index contributed by atoms with van der Waals surface area (Å²) in [5.74, 6) is 2.69. The number of piperidine rings is 1. The number of unbranched alkanes of at least 4 members (excludes halogenated alkanes) is 11. The molecule has 2 aliphatic heterocycles. The largest absolute Gasteiger partial charge is 0.493 e. The van der Waals surface area contributed by atoms with E-state index in [4.69, 9.17) is 9.47 Å². The molecule has 6 atom stereocenters. The Morgan fingerprint density at radius 1 is 1.05 bits per heavy atom. The lowest BCUT2D eigenvalue weighted by atomic mass is 9.48. The Labute approximate surface area is 277 Å². The molecule has 2 unspecified atom stereocenters. The summed E-state index contributed by atoms with van der Waals surface area (Å²) in [6, 6.07) is 0.441. The predicted octanol–water partition coefficient (Wildman–Crippen LogP) is 9.64. The lowest BCUT2D eigenvalue weighted by Crippen LogP contribution is -2.65. The van der Waals surface area contributed by atoms with Gasteiger partial charge in [0.2, 0.25) is 5.78 Å². The van der Waals surface area contributed by atoms with Crippen LogP contribution < -0.4 is 0 Å². The zero-order chi connectivity index (χ0) is 31.2. The number of hydrogen-bond acceptors (Lipinski definition) is 5. The smallest absolute Gasteiger partial charge is 0.210 e. The fourth-order valence-corrected chi connectivity index (χ4v) is 9.51. The zero-order valence-corrected chi connectivity index (χ0v) is 30.4. The number of nitrogens with zero attached hydrogens (tertiary/aromatic N) is 1. The molecule has 2 saturated heterocycles. The Hall–Kier alpha value is -0.920. The van der Waals surface area contributed by atoms with Crippen molar-refractivity contribution in [3.8, 4) is 0 Å². The minimum Gasteiger partial charge on any atom is -0.493 e. The Kier molecular flexibility index (Phi) is 12.7. The minimum atomic E-state index is -0.391. The third-order valence-electron chi connectivity index (χ3n) is 10.9. The van der Waals surface area contributed by atoms with Crippen molar-refractivity contribution in [1.82, 2.24) is 4.90 Å². The molecular formula is C36H55Br2NO4. The van der Waals surface area contributed by atoms with Crippen molar-refractivity contribution in [2.24, 2.45) is 28.6 Å². The molecule has 1 saturated carbocycles. The number of halogens is 2. The number of hydrogen-bond donors (Lipinski definition) is 0. The number of aldehydes is 1. The van der Waals surface area contributed by atoms with Crippen LogP contribution in [0.1, 0.15) is 117 Å². The number of rotatable bonds is 15. The molecule has 2 bridgehead atoms. The van der Waals surface area contributed by atoms with E-state index in [1.165, 1.54) is 81.5 Å². The third kappa shape index (κ3) is 7.56. The second-order valence-corrected chi connectivity index (χ2v) is 16.1. The van der Waals surface area contributed by atoms with E-state index in [2.05, 4.69) is 56.8 Å². The number of carbonyl (C=O) groups is 2. The van der Waals surface area contributed by atoms with Crippen molar-refractivity contribution in [2.75, 3.05) is 20.7 Å². The molecule has 3 aliphatic carbocycles. The normalized spacial score (nSPS) is 31.0. The summed E-state index contributed by atoms with van der Waals surface area (Å²) in [6.45, 7) is 7.37. The summed E-state index contributed by atoms with van der Waals surface area (Å²) < 4.78 is 13.8. The van der Waals surface area contributed by atoms with Gasteiger partial charge in [-0.05, 0) is 54.9 Å². The van der Waals surface area contributed by atoms with Crippen LogP contribution in [0.4, 0.5) is 0 Å². The second kappa shape index (κ2) is 15.6. The maximum Gasteiger partial charge on any atom is 0.210 e. The summed E-state index contributed by atoms with van der Waals surface area (Å²) in [5.41, 5.74) is -0.237. The van der Waals surface area contributed by atoms with Crippen LogP contribution in [0.5, 0.6) is 0 Å². The van der Waals surface area contributed by atoms with Gasteiger partial charge in [-0.1, -0.05) is 120 Å². The molecule has 5 aliphatic rings. The van der Waals surface area contributed by atoms with Crippen molar-refractivity contribution in [2.45, 2.75) is 129 Å². The fraction of sp³-hybridized carbons (Fsp3) is 0.778. The molecule has 0 amide bonds. The van der Waals surface area contributed by atoms with Crippen molar-refractivity contribution in [3.63, 3.8) is 0 Å². The van der Waals surface area contributed by atoms with E-state index in [1.807, 2.05) is 19.9 Å². The number of allylic oxidation sites excluding steroid dienone is 3. The summed E-state index contributed by atoms with van der Waals surface area (Å²) in [4.78, 5) is 26.2. The van der Waals surface area contributed by atoms with Crippen molar-refractivity contribution in [3.05, 3.63) is 32.6 Å². The maximum atomic E-state index is 12.9. The molecule has 43 heavy (non-hydrogen) atoms.